The van der Waals surface area contributed by atoms with Crippen LogP contribution in [0.1, 0.15) is 18.6 Å². The summed E-state index contributed by atoms with van der Waals surface area (Å²) < 4.78 is 32.3. The van der Waals surface area contributed by atoms with Crippen molar-refractivity contribution in [3.63, 3.8) is 0 Å². The molecule has 0 spiro atoms. The fraction of sp³-hybridized carbons (Fsp3) is 0.429. The van der Waals surface area contributed by atoms with E-state index < -0.39 is 15.9 Å². The number of carbonyl (C=O) groups is 2. The lowest BCUT2D eigenvalue weighted by atomic mass is 10.1. The number of hydrogen-bond donors (Lipinski definition) is 2. The molecule has 1 aromatic heterocycles. The van der Waals surface area contributed by atoms with E-state index in [4.69, 9.17) is 4.42 Å². The summed E-state index contributed by atoms with van der Waals surface area (Å²) in [6.45, 7) is 1.97. The molecule has 3 rings (SSSR count). The van der Waals surface area contributed by atoms with Gasteiger partial charge in [0.2, 0.25) is 21.8 Å². The minimum Gasteiger partial charge on any atom is -0.468 e. The zero-order chi connectivity index (χ0) is 22.4. The van der Waals surface area contributed by atoms with Crippen LogP contribution < -0.4 is 10.0 Å². The van der Waals surface area contributed by atoms with Gasteiger partial charge < -0.3 is 19.5 Å². The number of likely N-dealkylation sites (tertiary alicyclic amines) is 1. The van der Waals surface area contributed by atoms with Gasteiger partial charge in [-0.2, -0.15) is 0 Å². The first-order valence-electron chi connectivity index (χ1n) is 10.1. The molecule has 0 radical (unpaired) electrons. The van der Waals surface area contributed by atoms with Gasteiger partial charge in [-0.05, 0) is 63.5 Å². The third-order valence-corrected chi connectivity index (χ3v) is 6.48. The molecule has 9 nitrogen and oxygen atoms in total. The fourth-order valence-corrected chi connectivity index (χ4v) is 4.36. The van der Waals surface area contributed by atoms with Crippen LogP contribution in [0.5, 0.6) is 0 Å². The van der Waals surface area contributed by atoms with E-state index >= 15 is 0 Å². The molecule has 0 bridgehead atoms. The summed E-state index contributed by atoms with van der Waals surface area (Å²) in [6.07, 6.45) is 2.52. The number of hydrogen-bond acceptors (Lipinski definition) is 6. The SMILES string of the molecule is CN(C)CCCN1CC(C(=O)Nc2ccc(S(=O)(=O)NCc3ccco3)cc2)CC1=O. The van der Waals surface area contributed by atoms with Gasteiger partial charge in [-0.1, -0.05) is 0 Å². The first-order chi connectivity index (χ1) is 14.7. The van der Waals surface area contributed by atoms with Crippen molar-refractivity contribution in [2.75, 3.05) is 39.0 Å². The second kappa shape index (κ2) is 10.1. The van der Waals surface area contributed by atoms with Crippen LogP contribution in [0, 0.1) is 5.92 Å². The number of rotatable bonds is 10. The number of benzene rings is 1. The van der Waals surface area contributed by atoms with Crippen molar-refractivity contribution in [2.45, 2.75) is 24.3 Å². The van der Waals surface area contributed by atoms with Crippen LogP contribution in [0.3, 0.4) is 0 Å². The maximum absolute atomic E-state index is 12.6. The summed E-state index contributed by atoms with van der Waals surface area (Å²) in [6, 6.07) is 9.27. The molecule has 31 heavy (non-hydrogen) atoms. The molecule has 2 amide bonds. The Labute approximate surface area is 182 Å². The van der Waals surface area contributed by atoms with Gasteiger partial charge in [0, 0.05) is 25.2 Å². The van der Waals surface area contributed by atoms with Crippen LogP contribution in [0.2, 0.25) is 0 Å². The Bertz CT molecular complexity index is 987. The molecular weight excluding hydrogens is 420 g/mol. The molecule has 2 N–H and O–H groups in total. The summed E-state index contributed by atoms with van der Waals surface area (Å²) in [4.78, 5) is 28.6. The Morgan fingerprint density at radius 2 is 1.97 bits per heavy atom. The van der Waals surface area contributed by atoms with E-state index in [-0.39, 0.29) is 29.7 Å². The van der Waals surface area contributed by atoms with E-state index in [2.05, 4.69) is 14.9 Å². The zero-order valence-electron chi connectivity index (χ0n) is 17.7. The van der Waals surface area contributed by atoms with Crippen molar-refractivity contribution in [3.8, 4) is 0 Å². The number of nitrogens with one attached hydrogen (secondary N) is 2. The average Bonchev–Trinajstić information content (AvgIpc) is 3.37. The maximum Gasteiger partial charge on any atom is 0.240 e. The van der Waals surface area contributed by atoms with Crippen molar-refractivity contribution >= 4 is 27.5 Å². The van der Waals surface area contributed by atoms with Crippen LogP contribution >= 0.6 is 0 Å². The van der Waals surface area contributed by atoms with Crippen molar-refractivity contribution in [2.24, 2.45) is 5.92 Å². The van der Waals surface area contributed by atoms with Crippen LogP contribution in [-0.2, 0) is 26.2 Å². The van der Waals surface area contributed by atoms with E-state index in [1.807, 2.05) is 14.1 Å². The summed E-state index contributed by atoms with van der Waals surface area (Å²) in [5.74, 6) is -0.155. The summed E-state index contributed by atoms with van der Waals surface area (Å²) >= 11 is 0. The minimum atomic E-state index is -3.70. The number of amides is 2. The zero-order valence-corrected chi connectivity index (χ0v) is 18.5. The highest BCUT2D eigenvalue weighted by molar-refractivity contribution is 7.89. The molecule has 1 aromatic carbocycles. The first kappa shape index (κ1) is 23.0. The molecule has 1 unspecified atom stereocenters. The van der Waals surface area contributed by atoms with E-state index in [0.29, 0.717) is 24.5 Å². The van der Waals surface area contributed by atoms with Crippen molar-refractivity contribution in [1.82, 2.24) is 14.5 Å². The molecule has 10 heteroatoms. The first-order valence-corrected chi connectivity index (χ1v) is 11.6. The second-order valence-corrected chi connectivity index (χ2v) is 9.58. The Balaban J connectivity index is 1.52. The Kier molecular flexibility index (Phi) is 7.47. The molecule has 2 heterocycles. The van der Waals surface area contributed by atoms with Gasteiger partial charge in [-0.3, -0.25) is 9.59 Å². The maximum atomic E-state index is 12.6. The number of anilines is 1. The smallest absolute Gasteiger partial charge is 0.240 e. The lowest BCUT2D eigenvalue weighted by Crippen LogP contribution is -2.30. The van der Waals surface area contributed by atoms with Crippen molar-refractivity contribution < 1.29 is 22.4 Å². The van der Waals surface area contributed by atoms with Gasteiger partial charge >= 0.3 is 0 Å². The topological polar surface area (TPSA) is 112 Å². The normalized spacial score (nSPS) is 16.8. The van der Waals surface area contributed by atoms with Crippen LogP contribution in [0.25, 0.3) is 0 Å². The van der Waals surface area contributed by atoms with Crippen LogP contribution in [0.15, 0.2) is 52.0 Å². The predicted octanol–water partition coefficient (Wildman–Crippen LogP) is 1.50. The number of furan rings is 1. The van der Waals surface area contributed by atoms with Gasteiger partial charge in [-0.25, -0.2) is 13.1 Å². The monoisotopic (exact) mass is 448 g/mol. The molecule has 2 aromatic rings. The van der Waals surface area contributed by atoms with Gasteiger partial charge in [0.1, 0.15) is 5.76 Å². The lowest BCUT2D eigenvalue weighted by Gasteiger charge is -2.18. The Morgan fingerprint density at radius 1 is 1.23 bits per heavy atom. The molecular formula is C21H28N4O5S. The second-order valence-electron chi connectivity index (χ2n) is 7.82. The number of carbonyl (C=O) groups excluding carboxylic acids is 2. The standard InChI is InChI=1S/C21H28N4O5S/c1-24(2)10-4-11-25-15-16(13-20(25)26)21(27)23-17-6-8-19(9-7-17)31(28,29)22-14-18-5-3-12-30-18/h3,5-9,12,16,22H,4,10-11,13-15H2,1-2H3,(H,23,27). The van der Waals surface area contributed by atoms with Gasteiger partial charge in [0.05, 0.1) is 23.6 Å². The fourth-order valence-electron chi connectivity index (χ4n) is 3.37. The summed E-state index contributed by atoms with van der Waals surface area (Å²) in [7, 11) is 0.255. The number of nitrogens with zero attached hydrogens (tertiary/aromatic N) is 2. The Hall–Kier alpha value is -2.69. The molecule has 1 fully saturated rings. The van der Waals surface area contributed by atoms with E-state index in [1.165, 1.54) is 30.5 Å². The lowest BCUT2D eigenvalue weighted by molar-refractivity contribution is -0.128. The van der Waals surface area contributed by atoms with Crippen molar-refractivity contribution in [3.05, 3.63) is 48.4 Å². The summed E-state index contributed by atoms with van der Waals surface area (Å²) in [5.41, 5.74) is 0.480. The van der Waals surface area contributed by atoms with Crippen LogP contribution in [-0.4, -0.2) is 63.8 Å². The van der Waals surface area contributed by atoms with Gasteiger partial charge in [0.25, 0.3) is 0 Å². The highest BCUT2D eigenvalue weighted by Gasteiger charge is 2.34. The molecule has 1 atom stereocenters. The van der Waals surface area contributed by atoms with Crippen molar-refractivity contribution in [1.29, 1.82) is 0 Å². The molecule has 1 aliphatic heterocycles. The molecule has 1 saturated heterocycles. The van der Waals surface area contributed by atoms with E-state index in [0.717, 1.165) is 13.0 Å². The molecule has 0 aliphatic carbocycles. The number of sulfonamides is 1. The molecule has 1 aliphatic rings. The van der Waals surface area contributed by atoms with Gasteiger partial charge in [0.15, 0.2) is 0 Å². The molecule has 168 valence electrons. The quantitative estimate of drug-likeness (QED) is 0.570. The third kappa shape index (κ3) is 6.39. The van der Waals surface area contributed by atoms with E-state index in [9.17, 15) is 18.0 Å². The minimum absolute atomic E-state index is 0.0111. The summed E-state index contributed by atoms with van der Waals surface area (Å²) in [5, 5.41) is 2.78. The Morgan fingerprint density at radius 3 is 2.61 bits per heavy atom. The average molecular weight is 449 g/mol. The highest BCUT2D eigenvalue weighted by atomic mass is 32.2. The van der Waals surface area contributed by atoms with E-state index in [1.54, 1.807) is 17.0 Å². The van der Waals surface area contributed by atoms with Crippen LogP contribution in [0.4, 0.5) is 5.69 Å². The largest absolute Gasteiger partial charge is 0.468 e. The molecule has 0 saturated carbocycles. The predicted molar refractivity (Wildman–Crippen MR) is 116 cm³/mol. The van der Waals surface area contributed by atoms with Gasteiger partial charge in [-0.15, -0.1) is 0 Å². The highest BCUT2D eigenvalue weighted by Crippen LogP contribution is 2.21. The third-order valence-electron chi connectivity index (χ3n) is 5.07.